The third-order valence-corrected chi connectivity index (χ3v) is 6.04. The number of halogens is 2. The molecule has 1 N–H and O–H groups in total. The van der Waals surface area contributed by atoms with E-state index in [0.717, 1.165) is 15.9 Å². The van der Waals surface area contributed by atoms with Gasteiger partial charge in [0, 0.05) is 37.1 Å². The number of alkyl halides is 2. The van der Waals surface area contributed by atoms with Crippen LogP contribution in [0.1, 0.15) is 18.7 Å². The Morgan fingerprint density at radius 2 is 2.19 bits per heavy atom. The Hall–Kier alpha value is -3.34. The number of imidazole rings is 1. The Kier molecular flexibility index (Phi) is 5.68. The summed E-state index contributed by atoms with van der Waals surface area (Å²) in [5.74, 6) is -0.370. The number of carbonyl (C=O) groups excluding carboxylic acids is 2. The second-order valence-electron chi connectivity index (χ2n) is 6.97. The second kappa shape index (κ2) is 8.42. The van der Waals surface area contributed by atoms with Crippen molar-refractivity contribution < 1.29 is 23.1 Å². The Morgan fingerprint density at radius 3 is 2.94 bits per heavy atom. The molecule has 1 fully saturated rings. The van der Waals surface area contributed by atoms with Crippen LogP contribution in [0.3, 0.4) is 0 Å². The maximum atomic E-state index is 13.2. The topological polar surface area (TPSA) is 89.3 Å². The number of methoxy groups -OCH3 is 1. The van der Waals surface area contributed by atoms with Crippen molar-refractivity contribution in [3.63, 3.8) is 0 Å². The molecule has 3 aromatic rings. The molecule has 0 bridgehead atoms. The van der Waals surface area contributed by atoms with Crippen molar-refractivity contribution in [1.82, 2.24) is 14.5 Å². The highest BCUT2D eigenvalue weighted by Crippen LogP contribution is 2.34. The van der Waals surface area contributed by atoms with Crippen molar-refractivity contribution in [1.29, 1.82) is 0 Å². The summed E-state index contributed by atoms with van der Waals surface area (Å²) < 4.78 is 32.2. The number of hydrogen-bond donors (Lipinski definition) is 1. The number of ether oxygens (including phenoxy) is 1. The number of amides is 2. The van der Waals surface area contributed by atoms with Gasteiger partial charge in [-0.15, -0.1) is 0 Å². The van der Waals surface area contributed by atoms with Gasteiger partial charge in [-0.3, -0.25) is 14.2 Å². The molecule has 0 saturated carbocycles. The van der Waals surface area contributed by atoms with Crippen LogP contribution in [0.4, 0.5) is 19.6 Å². The number of nitrogens with one attached hydrogen (secondary N) is 1. The summed E-state index contributed by atoms with van der Waals surface area (Å²) >= 11 is 1.06. The predicted octanol–water partition coefficient (Wildman–Crippen LogP) is 3.71. The number of aryl methyl sites for hydroxylation is 1. The SMILES string of the molecule is COc1cccc(N2C[C@@H](C(=O)Nc3nc(C)c(-c4nccn4C(F)F)s3)CC2=O)c1. The lowest BCUT2D eigenvalue weighted by Crippen LogP contribution is -2.28. The van der Waals surface area contributed by atoms with E-state index in [1.165, 1.54) is 12.4 Å². The van der Waals surface area contributed by atoms with Crippen LogP contribution in [-0.2, 0) is 9.59 Å². The van der Waals surface area contributed by atoms with Gasteiger partial charge >= 0.3 is 6.55 Å². The maximum absolute atomic E-state index is 13.2. The summed E-state index contributed by atoms with van der Waals surface area (Å²) in [6.07, 6.45) is 2.54. The van der Waals surface area contributed by atoms with Crippen molar-refractivity contribution >= 4 is 34.0 Å². The fourth-order valence-corrected chi connectivity index (χ4v) is 4.39. The van der Waals surface area contributed by atoms with Crippen molar-refractivity contribution in [3.05, 3.63) is 42.4 Å². The molecular weight excluding hydrogens is 428 g/mol. The molecule has 1 saturated heterocycles. The van der Waals surface area contributed by atoms with Crippen molar-refractivity contribution in [2.75, 3.05) is 23.9 Å². The van der Waals surface area contributed by atoms with E-state index >= 15 is 0 Å². The monoisotopic (exact) mass is 447 g/mol. The summed E-state index contributed by atoms with van der Waals surface area (Å²) in [5, 5.41) is 2.98. The lowest BCUT2D eigenvalue weighted by molar-refractivity contribution is -0.122. The van der Waals surface area contributed by atoms with Crippen molar-refractivity contribution in [3.8, 4) is 16.5 Å². The quantitative estimate of drug-likeness (QED) is 0.622. The summed E-state index contributed by atoms with van der Waals surface area (Å²) in [5.41, 5.74) is 1.14. The molecule has 11 heteroatoms. The minimum Gasteiger partial charge on any atom is -0.497 e. The molecule has 1 aliphatic heterocycles. The minimum absolute atomic E-state index is 0.0655. The van der Waals surface area contributed by atoms with Gasteiger partial charge in [-0.2, -0.15) is 8.78 Å². The van der Waals surface area contributed by atoms with E-state index in [-0.39, 0.29) is 35.7 Å². The van der Waals surface area contributed by atoms with E-state index < -0.39 is 12.5 Å². The number of nitrogens with zero attached hydrogens (tertiary/aromatic N) is 4. The summed E-state index contributed by atoms with van der Waals surface area (Å²) in [4.78, 5) is 35.5. The highest BCUT2D eigenvalue weighted by atomic mass is 32.1. The first-order chi connectivity index (χ1) is 14.9. The van der Waals surface area contributed by atoms with Crippen LogP contribution in [0.15, 0.2) is 36.7 Å². The molecule has 0 unspecified atom stereocenters. The number of carbonyl (C=O) groups is 2. The average molecular weight is 447 g/mol. The molecule has 3 heterocycles. The first kappa shape index (κ1) is 20.9. The molecule has 1 aromatic carbocycles. The van der Waals surface area contributed by atoms with Gasteiger partial charge in [-0.1, -0.05) is 17.4 Å². The average Bonchev–Trinajstić information content (AvgIpc) is 3.46. The molecule has 4 rings (SSSR count). The molecule has 162 valence electrons. The molecule has 0 radical (unpaired) electrons. The van der Waals surface area contributed by atoms with Crippen LogP contribution in [-0.4, -0.2) is 40.0 Å². The lowest BCUT2D eigenvalue weighted by Gasteiger charge is -2.17. The number of rotatable bonds is 6. The van der Waals surface area contributed by atoms with Gasteiger partial charge in [-0.05, 0) is 19.1 Å². The minimum atomic E-state index is -2.73. The van der Waals surface area contributed by atoms with Gasteiger partial charge in [-0.25, -0.2) is 9.97 Å². The summed E-state index contributed by atoms with van der Waals surface area (Å²) in [6.45, 7) is -0.843. The zero-order chi connectivity index (χ0) is 22.1. The molecule has 2 amide bonds. The molecule has 0 aliphatic carbocycles. The molecular formula is C20H19F2N5O3S. The van der Waals surface area contributed by atoms with E-state index in [2.05, 4.69) is 15.3 Å². The third-order valence-electron chi connectivity index (χ3n) is 4.97. The Labute approximate surface area is 180 Å². The van der Waals surface area contributed by atoms with E-state index in [4.69, 9.17) is 4.74 Å². The van der Waals surface area contributed by atoms with Gasteiger partial charge < -0.3 is 15.0 Å². The number of aromatic nitrogens is 3. The van der Waals surface area contributed by atoms with Gasteiger partial charge in [0.15, 0.2) is 11.0 Å². The van der Waals surface area contributed by atoms with E-state index in [1.807, 2.05) is 0 Å². The number of thiazole rings is 1. The molecule has 0 spiro atoms. The predicted molar refractivity (Wildman–Crippen MR) is 111 cm³/mol. The Bertz CT molecular complexity index is 1130. The van der Waals surface area contributed by atoms with Crippen LogP contribution in [0.5, 0.6) is 5.75 Å². The second-order valence-corrected chi connectivity index (χ2v) is 7.96. The van der Waals surface area contributed by atoms with Crippen LogP contribution >= 0.6 is 11.3 Å². The summed E-state index contributed by atoms with van der Waals surface area (Å²) in [6, 6.07) is 7.07. The van der Waals surface area contributed by atoms with Gasteiger partial charge in [0.25, 0.3) is 0 Å². The molecule has 8 nitrogen and oxygen atoms in total. The van der Waals surface area contributed by atoms with E-state index in [9.17, 15) is 18.4 Å². The number of hydrogen-bond acceptors (Lipinski definition) is 6. The van der Waals surface area contributed by atoms with Gasteiger partial charge in [0.05, 0.1) is 23.6 Å². The fraction of sp³-hybridized carbons (Fsp3) is 0.300. The highest BCUT2D eigenvalue weighted by Gasteiger charge is 2.35. The van der Waals surface area contributed by atoms with E-state index in [0.29, 0.717) is 22.0 Å². The number of anilines is 2. The van der Waals surface area contributed by atoms with Crippen LogP contribution < -0.4 is 15.0 Å². The van der Waals surface area contributed by atoms with Crippen LogP contribution in [0.25, 0.3) is 10.7 Å². The zero-order valence-corrected chi connectivity index (χ0v) is 17.5. The maximum Gasteiger partial charge on any atom is 0.320 e. The first-order valence-corrected chi connectivity index (χ1v) is 10.2. The van der Waals surface area contributed by atoms with Gasteiger partial charge in [0.2, 0.25) is 11.8 Å². The van der Waals surface area contributed by atoms with Crippen LogP contribution in [0, 0.1) is 12.8 Å². The first-order valence-electron chi connectivity index (χ1n) is 9.41. The smallest absolute Gasteiger partial charge is 0.320 e. The van der Waals surface area contributed by atoms with Gasteiger partial charge in [0.1, 0.15) is 5.75 Å². The van der Waals surface area contributed by atoms with E-state index in [1.54, 1.807) is 43.2 Å². The standard InChI is InChI=1S/C20H19F2N5O3S/c1-11-16(17-23-6-7-26(17)19(21)22)31-20(24-11)25-18(29)12-8-15(28)27(10-12)13-4-3-5-14(9-13)30-2/h3-7,9,12,19H,8,10H2,1-2H3,(H,24,25,29)/t12-/m0/s1. The highest BCUT2D eigenvalue weighted by molar-refractivity contribution is 7.19. The Balaban J connectivity index is 1.48. The normalized spacial score (nSPS) is 16.2. The molecule has 2 aromatic heterocycles. The van der Waals surface area contributed by atoms with Crippen LogP contribution in [0.2, 0.25) is 0 Å². The zero-order valence-electron chi connectivity index (χ0n) is 16.7. The third kappa shape index (κ3) is 4.13. The van der Waals surface area contributed by atoms with Crippen molar-refractivity contribution in [2.45, 2.75) is 19.9 Å². The lowest BCUT2D eigenvalue weighted by atomic mass is 10.1. The summed E-state index contributed by atoms with van der Waals surface area (Å²) in [7, 11) is 1.54. The Morgan fingerprint density at radius 1 is 1.39 bits per heavy atom. The largest absolute Gasteiger partial charge is 0.497 e. The molecule has 1 atom stereocenters. The fourth-order valence-electron chi connectivity index (χ4n) is 3.42. The van der Waals surface area contributed by atoms with Crippen molar-refractivity contribution in [2.24, 2.45) is 5.92 Å². The number of benzene rings is 1. The molecule has 1 aliphatic rings. The molecule has 31 heavy (non-hydrogen) atoms.